The fourth-order valence-electron chi connectivity index (χ4n) is 3.39. The number of fused-ring (bicyclic) bond motifs is 2. The zero-order chi connectivity index (χ0) is 15.6. The van der Waals surface area contributed by atoms with Crippen LogP contribution in [0.3, 0.4) is 0 Å². The van der Waals surface area contributed by atoms with Crippen LogP contribution in [0.2, 0.25) is 0 Å². The van der Waals surface area contributed by atoms with Crippen LogP contribution in [0.15, 0.2) is 91.5 Å². The summed E-state index contributed by atoms with van der Waals surface area (Å²) in [5, 5.41) is 5.21. The fraction of sp³-hybridized carbons (Fsp3) is 0.0435. The van der Waals surface area contributed by atoms with E-state index in [1.165, 1.54) is 38.2 Å². The average Bonchev–Trinajstić information content (AvgIpc) is 2.62. The molecule has 0 spiro atoms. The Morgan fingerprint density at radius 1 is 0.609 bits per heavy atom. The summed E-state index contributed by atoms with van der Waals surface area (Å²) in [6.07, 6.45) is 2.87. The van der Waals surface area contributed by atoms with Crippen molar-refractivity contribution < 1.29 is 0 Å². The summed E-state index contributed by atoms with van der Waals surface area (Å²) < 4.78 is 0. The molecule has 0 atom stereocenters. The third-order valence-corrected chi connectivity index (χ3v) is 4.46. The Kier molecular flexibility index (Phi) is 3.44. The first-order valence-corrected chi connectivity index (χ1v) is 7.98. The normalized spacial score (nSPS) is 11.0. The summed E-state index contributed by atoms with van der Waals surface area (Å²) in [6.45, 7) is 3.88. The Labute approximate surface area is 136 Å². The Morgan fingerprint density at radius 2 is 1.26 bits per heavy atom. The van der Waals surface area contributed by atoms with Crippen LogP contribution < -0.4 is 0 Å². The zero-order valence-corrected chi connectivity index (χ0v) is 13.0. The van der Waals surface area contributed by atoms with Crippen LogP contribution in [0.5, 0.6) is 0 Å². The van der Waals surface area contributed by atoms with Gasteiger partial charge in [-0.05, 0) is 44.7 Å². The molecule has 0 aliphatic rings. The highest BCUT2D eigenvalue weighted by atomic mass is 14.1. The number of rotatable bonds is 3. The van der Waals surface area contributed by atoms with Gasteiger partial charge in [-0.2, -0.15) is 0 Å². The molecule has 0 aromatic heterocycles. The van der Waals surface area contributed by atoms with Gasteiger partial charge < -0.3 is 0 Å². The predicted octanol–water partition coefficient (Wildman–Crippen LogP) is 6.39. The van der Waals surface area contributed by atoms with E-state index in [4.69, 9.17) is 0 Å². The minimum absolute atomic E-state index is 0.899. The minimum Gasteiger partial charge on any atom is -0.103 e. The van der Waals surface area contributed by atoms with Gasteiger partial charge in [0.25, 0.3) is 0 Å². The van der Waals surface area contributed by atoms with Crippen molar-refractivity contribution in [1.29, 1.82) is 0 Å². The summed E-state index contributed by atoms with van der Waals surface area (Å²) in [5.74, 6) is 0. The van der Waals surface area contributed by atoms with Crippen LogP contribution >= 0.6 is 0 Å². The maximum atomic E-state index is 3.88. The van der Waals surface area contributed by atoms with Crippen molar-refractivity contribution in [3.63, 3.8) is 0 Å². The molecule has 0 N–H and O–H groups in total. The molecule has 0 saturated carbocycles. The topological polar surface area (TPSA) is 0 Å². The zero-order valence-electron chi connectivity index (χ0n) is 13.0. The first-order valence-electron chi connectivity index (χ1n) is 7.98. The van der Waals surface area contributed by atoms with Crippen molar-refractivity contribution in [2.24, 2.45) is 0 Å². The molecule has 0 fully saturated rings. The van der Waals surface area contributed by atoms with Gasteiger partial charge in [-0.1, -0.05) is 84.9 Å². The third kappa shape index (κ3) is 2.33. The standard InChI is InChI=1S/C23H18/c1-2-8-17-15-16-23(21-13-6-5-12-19(17)21)22-14-7-10-18-9-3-4-11-20(18)22/h2-7,9-16H,1,8H2. The van der Waals surface area contributed by atoms with E-state index in [9.17, 15) is 0 Å². The molecule has 23 heavy (non-hydrogen) atoms. The van der Waals surface area contributed by atoms with E-state index in [0.29, 0.717) is 0 Å². The minimum atomic E-state index is 0.899. The van der Waals surface area contributed by atoms with Gasteiger partial charge in [-0.15, -0.1) is 6.58 Å². The second kappa shape index (κ2) is 5.73. The lowest BCUT2D eigenvalue weighted by molar-refractivity contribution is 1.31. The fourth-order valence-corrected chi connectivity index (χ4v) is 3.39. The molecule has 4 rings (SSSR count). The number of hydrogen-bond acceptors (Lipinski definition) is 0. The predicted molar refractivity (Wildman–Crippen MR) is 101 cm³/mol. The first kappa shape index (κ1) is 13.8. The highest BCUT2D eigenvalue weighted by Gasteiger charge is 2.09. The molecule has 4 aromatic carbocycles. The SMILES string of the molecule is C=CCc1ccc(-c2cccc3ccccc23)c2ccccc12. The van der Waals surface area contributed by atoms with Gasteiger partial charge in [0.15, 0.2) is 0 Å². The molecule has 0 bridgehead atoms. The van der Waals surface area contributed by atoms with E-state index in [0.717, 1.165) is 6.42 Å². The molecule has 0 aliphatic heterocycles. The molecule has 0 amide bonds. The van der Waals surface area contributed by atoms with E-state index < -0.39 is 0 Å². The van der Waals surface area contributed by atoms with E-state index in [-0.39, 0.29) is 0 Å². The Balaban J connectivity index is 2.06. The first-order chi connectivity index (χ1) is 11.4. The van der Waals surface area contributed by atoms with Crippen molar-refractivity contribution in [2.75, 3.05) is 0 Å². The van der Waals surface area contributed by atoms with E-state index in [1.807, 2.05) is 6.08 Å². The molecular formula is C23H18. The summed E-state index contributed by atoms with van der Waals surface area (Å²) in [6, 6.07) is 28.3. The maximum Gasteiger partial charge on any atom is -0.00940 e. The third-order valence-electron chi connectivity index (χ3n) is 4.46. The van der Waals surface area contributed by atoms with Crippen LogP contribution in [-0.2, 0) is 6.42 Å². The quantitative estimate of drug-likeness (QED) is 0.384. The van der Waals surface area contributed by atoms with Gasteiger partial charge in [-0.25, -0.2) is 0 Å². The monoisotopic (exact) mass is 294 g/mol. The molecular weight excluding hydrogens is 276 g/mol. The Hall–Kier alpha value is -2.86. The second-order valence-electron chi connectivity index (χ2n) is 5.84. The van der Waals surface area contributed by atoms with Crippen LogP contribution in [0.25, 0.3) is 32.7 Å². The van der Waals surface area contributed by atoms with Gasteiger partial charge in [0, 0.05) is 0 Å². The van der Waals surface area contributed by atoms with E-state index in [1.54, 1.807) is 0 Å². The number of hydrogen-bond donors (Lipinski definition) is 0. The van der Waals surface area contributed by atoms with Gasteiger partial charge in [0.1, 0.15) is 0 Å². The van der Waals surface area contributed by atoms with Crippen molar-refractivity contribution >= 4 is 21.5 Å². The molecule has 0 radical (unpaired) electrons. The Morgan fingerprint density at radius 3 is 2.09 bits per heavy atom. The van der Waals surface area contributed by atoms with Gasteiger partial charge in [-0.3, -0.25) is 0 Å². The van der Waals surface area contributed by atoms with Gasteiger partial charge >= 0.3 is 0 Å². The summed E-state index contributed by atoms with van der Waals surface area (Å²) >= 11 is 0. The van der Waals surface area contributed by atoms with E-state index in [2.05, 4.69) is 85.4 Å². The lowest BCUT2D eigenvalue weighted by Crippen LogP contribution is -1.89. The summed E-state index contributed by atoms with van der Waals surface area (Å²) in [4.78, 5) is 0. The molecule has 0 aliphatic carbocycles. The van der Waals surface area contributed by atoms with Crippen LogP contribution in [0.4, 0.5) is 0 Å². The van der Waals surface area contributed by atoms with Gasteiger partial charge in [0.2, 0.25) is 0 Å². The lowest BCUT2D eigenvalue weighted by atomic mass is 9.91. The molecule has 110 valence electrons. The van der Waals surface area contributed by atoms with Gasteiger partial charge in [0.05, 0.1) is 0 Å². The highest BCUT2D eigenvalue weighted by molar-refractivity contribution is 6.06. The molecule has 0 heterocycles. The van der Waals surface area contributed by atoms with Crippen molar-refractivity contribution in [3.05, 3.63) is 97.1 Å². The Bertz CT molecular complexity index is 1000. The summed E-state index contributed by atoms with van der Waals surface area (Å²) in [7, 11) is 0. The molecule has 0 unspecified atom stereocenters. The van der Waals surface area contributed by atoms with Crippen molar-refractivity contribution in [2.45, 2.75) is 6.42 Å². The van der Waals surface area contributed by atoms with Crippen LogP contribution in [0.1, 0.15) is 5.56 Å². The van der Waals surface area contributed by atoms with E-state index >= 15 is 0 Å². The number of benzene rings is 4. The largest absolute Gasteiger partial charge is 0.103 e. The van der Waals surface area contributed by atoms with Crippen molar-refractivity contribution in [1.82, 2.24) is 0 Å². The second-order valence-corrected chi connectivity index (χ2v) is 5.84. The molecule has 0 saturated heterocycles. The highest BCUT2D eigenvalue weighted by Crippen LogP contribution is 2.35. The smallest absolute Gasteiger partial charge is 0.00940 e. The van der Waals surface area contributed by atoms with Crippen molar-refractivity contribution in [3.8, 4) is 11.1 Å². The molecule has 0 nitrogen and oxygen atoms in total. The van der Waals surface area contributed by atoms with Crippen LogP contribution in [0, 0.1) is 0 Å². The maximum absolute atomic E-state index is 3.88. The van der Waals surface area contributed by atoms with Crippen LogP contribution in [-0.4, -0.2) is 0 Å². The number of allylic oxidation sites excluding steroid dienone is 1. The molecule has 4 aromatic rings. The molecule has 0 heteroatoms. The summed E-state index contributed by atoms with van der Waals surface area (Å²) in [5.41, 5.74) is 3.93. The lowest BCUT2D eigenvalue weighted by Gasteiger charge is -2.13. The average molecular weight is 294 g/mol.